The van der Waals surface area contributed by atoms with Gasteiger partial charge in [-0.25, -0.2) is 4.98 Å². The number of halogens is 2. The van der Waals surface area contributed by atoms with Crippen LogP contribution in [-0.2, 0) is 6.42 Å². The summed E-state index contributed by atoms with van der Waals surface area (Å²) in [5, 5.41) is 0. The van der Waals surface area contributed by atoms with E-state index in [4.69, 9.17) is 16.6 Å². The third kappa shape index (κ3) is 3.54. The fraction of sp³-hybridized carbons (Fsp3) is 0.533. The third-order valence-electron chi connectivity index (χ3n) is 3.48. The molecule has 1 aromatic carbocycles. The zero-order valence-corrected chi connectivity index (χ0v) is 14.6. The first-order valence-electron chi connectivity index (χ1n) is 6.90. The number of rotatable bonds is 6. The number of benzene rings is 1. The second-order valence-electron chi connectivity index (χ2n) is 5.41. The van der Waals surface area contributed by atoms with E-state index < -0.39 is 0 Å². The summed E-state index contributed by atoms with van der Waals surface area (Å²) in [7, 11) is 4.21. The molecule has 0 aliphatic rings. The molecule has 0 fully saturated rings. The molecule has 5 heteroatoms. The van der Waals surface area contributed by atoms with Crippen molar-refractivity contribution in [2.75, 3.05) is 26.5 Å². The summed E-state index contributed by atoms with van der Waals surface area (Å²) in [6.07, 6.45) is 1.91. The SMILES string of the molecule is CC(CCN(C)C)n1c(CCCl)nc2cc(Br)ccc21. The maximum atomic E-state index is 5.93. The zero-order chi connectivity index (χ0) is 14.7. The number of nitrogens with zero attached hydrogens (tertiary/aromatic N) is 3. The molecule has 0 bridgehead atoms. The molecule has 0 spiro atoms. The molecular weight excluding hydrogens is 338 g/mol. The van der Waals surface area contributed by atoms with Gasteiger partial charge >= 0.3 is 0 Å². The summed E-state index contributed by atoms with van der Waals surface area (Å²) in [6.45, 7) is 3.32. The Labute approximate surface area is 134 Å². The van der Waals surface area contributed by atoms with Crippen LogP contribution in [0.5, 0.6) is 0 Å². The van der Waals surface area contributed by atoms with Gasteiger partial charge in [0.25, 0.3) is 0 Å². The molecule has 2 aromatic rings. The molecule has 110 valence electrons. The van der Waals surface area contributed by atoms with Crippen molar-refractivity contribution in [2.24, 2.45) is 0 Å². The predicted molar refractivity (Wildman–Crippen MR) is 89.7 cm³/mol. The van der Waals surface area contributed by atoms with Crippen molar-refractivity contribution in [2.45, 2.75) is 25.8 Å². The molecule has 1 aromatic heterocycles. The van der Waals surface area contributed by atoms with Crippen LogP contribution in [0.1, 0.15) is 25.2 Å². The largest absolute Gasteiger partial charge is 0.325 e. The molecule has 1 atom stereocenters. The van der Waals surface area contributed by atoms with Crippen molar-refractivity contribution in [3.8, 4) is 0 Å². The molecule has 3 nitrogen and oxygen atoms in total. The quantitative estimate of drug-likeness (QED) is 0.725. The number of hydrogen-bond donors (Lipinski definition) is 0. The van der Waals surface area contributed by atoms with E-state index in [0.29, 0.717) is 11.9 Å². The van der Waals surface area contributed by atoms with E-state index in [0.717, 1.165) is 35.2 Å². The second kappa shape index (κ2) is 6.92. The highest BCUT2D eigenvalue weighted by molar-refractivity contribution is 9.10. The first-order valence-corrected chi connectivity index (χ1v) is 8.22. The van der Waals surface area contributed by atoms with Crippen LogP contribution in [0.25, 0.3) is 11.0 Å². The number of aryl methyl sites for hydroxylation is 1. The maximum Gasteiger partial charge on any atom is 0.111 e. The molecule has 0 saturated heterocycles. The Kier molecular flexibility index (Phi) is 5.47. The summed E-state index contributed by atoms with van der Waals surface area (Å²) >= 11 is 9.44. The molecule has 0 aliphatic heterocycles. The molecule has 0 N–H and O–H groups in total. The number of fused-ring (bicyclic) bond motifs is 1. The average Bonchev–Trinajstić information content (AvgIpc) is 2.73. The van der Waals surface area contributed by atoms with Gasteiger partial charge in [-0.15, -0.1) is 11.6 Å². The predicted octanol–water partition coefficient (Wildman–Crippen LogP) is 4.09. The standard InChI is InChI=1S/C15H21BrClN3/c1-11(7-9-19(2)3)20-14-5-4-12(16)10-13(14)18-15(20)6-8-17/h4-5,10-11H,6-9H2,1-3H3. The van der Waals surface area contributed by atoms with Gasteiger partial charge in [0, 0.05) is 22.8 Å². The average molecular weight is 359 g/mol. The van der Waals surface area contributed by atoms with Gasteiger partial charge in [0.2, 0.25) is 0 Å². The van der Waals surface area contributed by atoms with Crippen LogP contribution in [-0.4, -0.2) is 41.0 Å². The second-order valence-corrected chi connectivity index (χ2v) is 6.70. The van der Waals surface area contributed by atoms with Crippen LogP contribution in [0.2, 0.25) is 0 Å². The van der Waals surface area contributed by atoms with Crippen molar-refractivity contribution >= 4 is 38.6 Å². The first kappa shape index (κ1) is 15.8. The molecule has 0 radical (unpaired) electrons. The number of imidazole rings is 1. The van der Waals surface area contributed by atoms with Gasteiger partial charge < -0.3 is 9.47 Å². The van der Waals surface area contributed by atoms with Crippen LogP contribution in [0, 0.1) is 0 Å². The molecule has 2 rings (SSSR count). The molecule has 1 unspecified atom stereocenters. The number of alkyl halides is 1. The minimum atomic E-state index is 0.418. The minimum Gasteiger partial charge on any atom is -0.325 e. The van der Waals surface area contributed by atoms with Crippen molar-refractivity contribution < 1.29 is 0 Å². The van der Waals surface area contributed by atoms with E-state index in [1.807, 2.05) is 0 Å². The van der Waals surface area contributed by atoms with E-state index in [9.17, 15) is 0 Å². The smallest absolute Gasteiger partial charge is 0.111 e. The number of hydrogen-bond acceptors (Lipinski definition) is 2. The lowest BCUT2D eigenvalue weighted by atomic mass is 10.2. The van der Waals surface area contributed by atoms with Crippen molar-refractivity contribution in [3.05, 3.63) is 28.5 Å². The Balaban J connectivity index is 2.39. The van der Waals surface area contributed by atoms with Gasteiger partial charge in [0.1, 0.15) is 5.82 Å². The van der Waals surface area contributed by atoms with Gasteiger partial charge in [-0.3, -0.25) is 0 Å². The maximum absolute atomic E-state index is 5.93. The van der Waals surface area contributed by atoms with Crippen molar-refractivity contribution in [1.29, 1.82) is 0 Å². The highest BCUT2D eigenvalue weighted by Crippen LogP contribution is 2.26. The van der Waals surface area contributed by atoms with E-state index in [2.05, 4.69) is 64.6 Å². The van der Waals surface area contributed by atoms with E-state index in [1.54, 1.807) is 0 Å². The highest BCUT2D eigenvalue weighted by Gasteiger charge is 2.15. The summed E-state index contributed by atoms with van der Waals surface area (Å²) in [6, 6.07) is 6.70. The Bertz CT molecular complexity index is 580. The van der Waals surface area contributed by atoms with Crippen molar-refractivity contribution in [1.82, 2.24) is 14.5 Å². The van der Waals surface area contributed by atoms with Gasteiger partial charge in [0.15, 0.2) is 0 Å². The van der Waals surface area contributed by atoms with Crippen LogP contribution in [0.4, 0.5) is 0 Å². The molecule has 1 heterocycles. The van der Waals surface area contributed by atoms with Gasteiger partial charge in [-0.1, -0.05) is 15.9 Å². The van der Waals surface area contributed by atoms with Crippen molar-refractivity contribution in [3.63, 3.8) is 0 Å². The normalized spacial score (nSPS) is 13.3. The van der Waals surface area contributed by atoms with Gasteiger partial charge in [0.05, 0.1) is 11.0 Å². The van der Waals surface area contributed by atoms with Crippen LogP contribution >= 0.6 is 27.5 Å². The zero-order valence-electron chi connectivity index (χ0n) is 12.2. The first-order chi connectivity index (χ1) is 9.52. The third-order valence-corrected chi connectivity index (χ3v) is 4.16. The van der Waals surface area contributed by atoms with E-state index >= 15 is 0 Å². The lowest BCUT2D eigenvalue weighted by Gasteiger charge is -2.19. The monoisotopic (exact) mass is 357 g/mol. The molecule has 20 heavy (non-hydrogen) atoms. The summed E-state index contributed by atoms with van der Waals surface area (Å²) in [5.74, 6) is 1.68. The Morgan fingerprint density at radius 3 is 2.80 bits per heavy atom. The van der Waals surface area contributed by atoms with E-state index in [-0.39, 0.29) is 0 Å². The fourth-order valence-electron chi connectivity index (χ4n) is 2.45. The molecule has 0 saturated carbocycles. The van der Waals surface area contributed by atoms with E-state index in [1.165, 1.54) is 5.52 Å². The lowest BCUT2D eigenvalue weighted by Crippen LogP contribution is -2.18. The molecule has 0 aliphatic carbocycles. The summed E-state index contributed by atoms with van der Waals surface area (Å²) in [4.78, 5) is 6.96. The Hall–Kier alpha value is -0.580. The fourth-order valence-corrected chi connectivity index (χ4v) is 2.97. The minimum absolute atomic E-state index is 0.418. The molecular formula is C15H21BrClN3. The van der Waals surface area contributed by atoms with Crippen LogP contribution < -0.4 is 0 Å². The summed E-state index contributed by atoms with van der Waals surface area (Å²) in [5.41, 5.74) is 2.23. The molecule has 0 amide bonds. The van der Waals surface area contributed by atoms with Gasteiger partial charge in [-0.2, -0.15) is 0 Å². The Morgan fingerprint density at radius 2 is 2.15 bits per heavy atom. The van der Waals surface area contributed by atoms with Crippen LogP contribution in [0.3, 0.4) is 0 Å². The summed E-state index contributed by atoms with van der Waals surface area (Å²) < 4.78 is 3.40. The van der Waals surface area contributed by atoms with Crippen LogP contribution in [0.15, 0.2) is 22.7 Å². The topological polar surface area (TPSA) is 21.1 Å². The Morgan fingerprint density at radius 1 is 1.40 bits per heavy atom. The van der Waals surface area contributed by atoms with Gasteiger partial charge in [-0.05, 0) is 52.2 Å². The highest BCUT2D eigenvalue weighted by atomic mass is 79.9. The lowest BCUT2D eigenvalue weighted by molar-refractivity contribution is 0.357. The number of aromatic nitrogens is 2.